The fourth-order valence-corrected chi connectivity index (χ4v) is 2.02. The van der Waals surface area contributed by atoms with Crippen LogP contribution in [0.2, 0.25) is 0 Å². The van der Waals surface area contributed by atoms with Crippen molar-refractivity contribution in [2.75, 3.05) is 0 Å². The zero-order chi connectivity index (χ0) is 13.8. The molecule has 1 heterocycles. The summed E-state index contributed by atoms with van der Waals surface area (Å²) >= 11 is 0. The lowest BCUT2D eigenvalue weighted by molar-refractivity contribution is -0.124. The molecule has 5 nitrogen and oxygen atoms in total. The van der Waals surface area contributed by atoms with E-state index in [2.05, 4.69) is 15.4 Å². The van der Waals surface area contributed by atoms with Crippen LogP contribution >= 0.6 is 0 Å². The van der Waals surface area contributed by atoms with Crippen molar-refractivity contribution in [3.63, 3.8) is 0 Å². The quantitative estimate of drug-likeness (QED) is 0.912. The largest absolute Gasteiger partial charge is 0.348 e. The zero-order valence-electron chi connectivity index (χ0n) is 11.4. The molecule has 0 saturated carbocycles. The Morgan fingerprint density at radius 2 is 2.05 bits per heavy atom. The third-order valence-corrected chi connectivity index (χ3v) is 3.23. The molecule has 0 aliphatic rings. The van der Waals surface area contributed by atoms with E-state index in [1.807, 2.05) is 38.1 Å². The van der Waals surface area contributed by atoms with Gasteiger partial charge in [0.2, 0.25) is 5.91 Å². The van der Waals surface area contributed by atoms with Crippen LogP contribution < -0.4 is 5.32 Å². The van der Waals surface area contributed by atoms with Gasteiger partial charge in [-0.2, -0.15) is 5.10 Å². The fourth-order valence-electron chi connectivity index (χ4n) is 2.02. The van der Waals surface area contributed by atoms with Crippen molar-refractivity contribution in [3.05, 3.63) is 48.0 Å². The molecule has 5 heteroatoms. The normalized spacial score (nSPS) is 13.8. The molecule has 2 atom stereocenters. The van der Waals surface area contributed by atoms with Gasteiger partial charge in [-0.25, -0.2) is 9.67 Å². The minimum absolute atomic E-state index is 0.0281. The Morgan fingerprint density at radius 1 is 1.32 bits per heavy atom. The van der Waals surface area contributed by atoms with Crippen LogP contribution in [0.1, 0.15) is 37.1 Å². The topological polar surface area (TPSA) is 59.8 Å². The van der Waals surface area contributed by atoms with Crippen molar-refractivity contribution in [2.24, 2.45) is 0 Å². The summed E-state index contributed by atoms with van der Waals surface area (Å²) in [6.07, 6.45) is 2.97. The van der Waals surface area contributed by atoms with Gasteiger partial charge in [0.05, 0.1) is 6.04 Å². The van der Waals surface area contributed by atoms with Crippen molar-refractivity contribution in [1.29, 1.82) is 0 Å². The van der Waals surface area contributed by atoms with Crippen molar-refractivity contribution in [1.82, 2.24) is 20.1 Å². The maximum Gasteiger partial charge on any atom is 0.245 e. The Morgan fingerprint density at radius 3 is 2.68 bits per heavy atom. The summed E-state index contributed by atoms with van der Waals surface area (Å²) in [6.45, 7) is 5.82. The Bertz CT molecular complexity index is 550. The minimum atomic E-state index is -0.367. The Labute approximate surface area is 112 Å². The molecule has 0 aliphatic heterocycles. The number of hydrogen-bond donors (Lipinski definition) is 1. The first kappa shape index (κ1) is 13.3. The number of aryl methyl sites for hydroxylation is 1. The van der Waals surface area contributed by atoms with E-state index in [0.717, 1.165) is 5.56 Å². The van der Waals surface area contributed by atoms with E-state index in [1.54, 1.807) is 17.9 Å². The van der Waals surface area contributed by atoms with Crippen molar-refractivity contribution in [3.8, 4) is 0 Å². The van der Waals surface area contributed by atoms with E-state index in [4.69, 9.17) is 0 Å². The third-order valence-electron chi connectivity index (χ3n) is 3.23. The van der Waals surface area contributed by atoms with Gasteiger partial charge in [-0.1, -0.05) is 24.3 Å². The second kappa shape index (κ2) is 5.65. The van der Waals surface area contributed by atoms with Gasteiger partial charge in [0, 0.05) is 0 Å². The van der Waals surface area contributed by atoms with Gasteiger partial charge < -0.3 is 5.32 Å². The van der Waals surface area contributed by atoms with Crippen LogP contribution in [0, 0.1) is 6.92 Å². The van der Waals surface area contributed by atoms with Gasteiger partial charge in [-0.15, -0.1) is 0 Å². The van der Waals surface area contributed by atoms with E-state index in [1.165, 1.54) is 11.9 Å². The van der Waals surface area contributed by atoms with Gasteiger partial charge in [0.15, 0.2) is 0 Å². The van der Waals surface area contributed by atoms with Crippen molar-refractivity contribution in [2.45, 2.75) is 32.9 Å². The van der Waals surface area contributed by atoms with Crippen LogP contribution in [-0.4, -0.2) is 20.7 Å². The van der Waals surface area contributed by atoms with E-state index in [-0.39, 0.29) is 18.0 Å². The van der Waals surface area contributed by atoms with Gasteiger partial charge in [0.1, 0.15) is 18.7 Å². The first-order valence-electron chi connectivity index (χ1n) is 6.29. The molecule has 0 aliphatic carbocycles. The van der Waals surface area contributed by atoms with Crippen molar-refractivity contribution < 1.29 is 4.79 Å². The lowest BCUT2D eigenvalue weighted by atomic mass is 10.0. The summed E-state index contributed by atoms with van der Waals surface area (Å²) in [5.74, 6) is -0.0683. The van der Waals surface area contributed by atoms with Crippen LogP contribution in [0.3, 0.4) is 0 Å². The molecule has 0 spiro atoms. The predicted molar refractivity (Wildman–Crippen MR) is 72.5 cm³/mol. The van der Waals surface area contributed by atoms with E-state index in [0.29, 0.717) is 0 Å². The molecule has 1 aromatic carbocycles. The molecular weight excluding hydrogens is 240 g/mol. The van der Waals surface area contributed by atoms with E-state index in [9.17, 15) is 4.79 Å². The van der Waals surface area contributed by atoms with Crippen LogP contribution in [0.4, 0.5) is 0 Å². The number of carbonyl (C=O) groups excluding carboxylic acids is 1. The third kappa shape index (κ3) is 2.99. The summed E-state index contributed by atoms with van der Waals surface area (Å²) in [6, 6.07) is 7.64. The maximum atomic E-state index is 12.1. The Hall–Kier alpha value is -2.17. The smallest absolute Gasteiger partial charge is 0.245 e. The number of carbonyl (C=O) groups is 1. The van der Waals surface area contributed by atoms with E-state index >= 15 is 0 Å². The Balaban J connectivity index is 2.05. The SMILES string of the molecule is Cc1ccccc1[C@@H](C)NC(=O)[C@@H](C)n1cncn1. The number of hydrogen-bond acceptors (Lipinski definition) is 3. The number of rotatable bonds is 4. The summed E-state index contributed by atoms with van der Waals surface area (Å²) in [5, 5.41) is 6.98. The molecule has 100 valence electrons. The molecule has 0 unspecified atom stereocenters. The van der Waals surface area contributed by atoms with Crippen LogP contribution in [0.5, 0.6) is 0 Å². The lowest BCUT2D eigenvalue weighted by Gasteiger charge is -2.19. The summed E-state index contributed by atoms with van der Waals surface area (Å²) in [5.41, 5.74) is 2.30. The average Bonchev–Trinajstić information content (AvgIpc) is 2.92. The minimum Gasteiger partial charge on any atom is -0.348 e. The summed E-state index contributed by atoms with van der Waals surface area (Å²) < 4.78 is 1.54. The summed E-state index contributed by atoms with van der Waals surface area (Å²) in [7, 11) is 0. The molecular formula is C14H18N4O. The number of amides is 1. The highest BCUT2D eigenvalue weighted by molar-refractivity contribution is 5.80. The van der Waals surface area contributed by atoms with Gasteiger partial charge in [0.25, 0.3) is 0 Å². The predicted octanol–water partition coefficient (Wildman–Crippen LogP) is 2.02. The second-order valence-corrected chi connectivity index (χ2v) is 4.64. The molecule has 1 amide bonds. The van der Waals surface area contributed by atoms with Gasteiger partial charge >= 0.3 is 0 Å². The highest BCUT2D eigenvalue weighted by Crippen LogP contribution is 2.17. The molecule has 1 N–H and O–H groups in total. The number of benzene rings is 1. The first-order valence-corrected chi connectivity index (χ1v) is 6.29. The highest BCUT2D eigenvalue weighted by Gasteiger charge is 2.18. The molecule has 0 saturated heterocycles. The molecule has 0 radical (unpaired) electrons. The zero-order valence-corrected chi connectivity index (χ0v) is 11.4. The van der Waals surface area contributed by atoms with Gasteiger partial charge in [-0.3, -0.25) is 4.79 Å². The molecule has 0 bridgehead atoms. The number of nitrogens with zero attached hydrogens (tertiary/aromatic N) is 3. The molecule has 2 aromatic rings. The van der Waals surface area contributed by atoms with E-state index < -0.39 is 0 Å². The summed E-state index contributed by atoms with van der Waals surface area (Å²) in [4.78, 5) is 16.0. The lowest BCUT2D eigenvalue weighted by Crippen LogP contribution is -2.33. The maximum absolute atomic E-state index is 12.1. The number of nitrogens with one attached hydrogen (secondary N) is 1. The first-order chi connectivity index (χ1) is 9.09. The number of aromatic nitrogens is 3. The average molecular weight is 258 g/mol. The van der Waals surface area contributed by atoms with Gasteiger partial charge in [-0.05, 0) is 31.9 Å². The highest BCUT2D eigenvalue weighted by atomic mass is 16.2. The second-order valence-electron chi connectivity index (χ2n) is 4.64. The van der Waals surface area contributed by atoms with Crippen LogP contribution in [0.15, 0.2) is 36.9 Å². The Kier molecular flexibility index (Phi) is 3.94. The molecule has 19 heavy (non-hydrogen) atoms. The molecule has 0 fully saturated rings. The fraction of sp³-hybridized carbons (Fsp3) is 0.357. The van der Waals surface area contributed by atoms with Crippen LogP contribution in [0.25, 0.3) is 0 Å². The molecule has 1 aromatic heterocycles. The monoisotopic (exact) mass is 258 g/mol. The standard InChI is InChI=1S/C14H18N4O/c1-10-6-4-5-7-13(10)11(2)17-14(19)12(3)18-9-15-8-16-18/h4-9,11-12H,1-3H3,(H,17,19)/t11-,12-/m1/s1. The van der Waals surface area contributed by atoms with Crippen molar-refractivity contribution >= 4 is 5.91 Å². The van der Waals surface area contributed by atoms with Crippen LogP contribution in [-0.2, 0) is 4.79 Å². The molecule has 2 rings (SSSR count).